The van der Waals surface area contributed by atoms with Gasteiger partial charge in [0.15, 0.2) is 5.16 Å². The maximum Gasteiger partial charge on any atom is 0.166 e. The monoisotopic (exact) mass is 289 g/mol. The normalized spacial score (nSPS) is 14.7. The van der Waals surface area contributed by atoms with Crippen molar-refractivity contribution in [3.63, 3.8) is 0 Å². The molecule has 0 aliphatic heterocycles. The second-order valence-electron chi connectivity index (χ2n) is 5.12. The number of hydrogen-bond acceptors (Lipinski definition) is 4. The highest BCUT2D eigenvalue weighted by molar-refractivity contribution is 7.99. The zero-order chi connectivity index (χ0) is 13.9. The Morgan fingerprint density at radius 2 is 2.40 bits per heavy atom. The summed E-state index contributed by atoms with van der Waals surface area (Å²) in [5, 5.41) is 4.41. The number of ether oxygens (including phenoxy) is 1. The number of fused-ring (bicyclic) bond motifs is 1. The van der Waals surface area contributed by atoms with Crippen molar-refractivity contribution >= 4 is 22.8 Å². The lowest BCUT2D eigenvalue weighted by Gasteiger charge is -2.04. The summed E-state index contributed by atoms with van der Waals surface area (Å²) in [5.41, 5.74) is 3.18. The van der Waals surface area contributed by atoms with Crippen molar-refractivity contribution in [2.24, 2.45) is 0 Å². The SMILES string of the molecule is C=C(CNC1CC1)CSc1nc2ccc(OC)cc2[nH]1. The third kappa shape index (κ3) is 3.35. The molecule has 1 aliphatic rings. The largest absolute Gasteiger partial charge is 0.497 e. The van der Waals surface area contributed by atoms with Gasteiger partial charge in [0.1, 0.15) is 5.75 Å². The van der Waals surface area contributed by atoms with Crippen LogP contribution in [-0.4, -0.2) is 35.4 Å². The molecule has 1 fully saturated rings. The Morgan fingerprint density at radius 3 is 3.15 bits per heavy atom. The summed E-state index contributed by atoms with van der Waals surface area (Å²) in [6, 6.07) is 6.60. The first-order chi connectivity index (χ1) is 9.74. The van der Waals surface area contributed by atoms with Crippen LogP contribution < -0.4 is 10.1 Å². The summed E-state index contributed by atoms with van der Waals surface area (Å²) in [5.74, 6) is 1.73. The standard InChI is InChI=1S/C15H19N3OS/c1-10(8-16-11-3-4-11)9-20-15-17-13-6-5-12(19-2)7-14(13)18-15/h5-7,11,16H,1,3-4,8-9H2,2H3,(H,17,18). The highest BCUT2D eigenvalue weighted by Gasteiger charge is 2.20. The molecule has 0 unspecified atom stereocenters. The van der Waals surface area contributed by atoms with E-state index < -0.39 is 0 Å². The van der Waals surface area contributed by atoms with E-state index in [4.69, 9.17) is 4.74 Å². The van der Waals surface area contributed by atoms with Crippen LogP contribution in [0.15, 0.2) is 35.5 Å². The molecule has 1 heterocycles. The van der Waals surface area contributed by atoms with Gasteiger partial charge in [-0.15, -0.1) is 0 Å². The number of methoxy groups -OCH3 is 1. The molecule has 0 saturated heterocycles. The van der Waals surface area contributed by atoms with Gasteiger partial charge in [0, 0.05) is 24.4 Å². The van der Waals surface area contributed by atoms with Crippen molar-refractivity contribution in [2.75, 3.05) is 19.4 Å². The fourth-order valence-corrected chi connectivity index (χ4v) is 2.75. The first-order valence-corrected chi connectivity index (χ1v) is 7.80. The number of nitrogens with zero attached hydrogens (tertiary/aromatic N) is 1. The molecule has 1 aliphatic carbocycles. The summed E-state index contributed by atoms with van der Waals surface area (Å²) >= 11 is 1.69. The van der Waals surface area contributed by atoms with Gasteiger partial charge >= 0.3 is 0 Å². The molecule has 106 valence electrons. The van der Waals surface area contributed by atoms with Crippen molar-refractivity contribution in [2.45, 2.75) is 24.0 Å². The Morgan fingerprint density at radius 1 is 1.55 bits per heavy atom. The van der Waals surface area contributed by atoms with Gasteiger partial charge < -0.3 is 15.0 Å². The maximum absolute atomic E-state index is 5.21. The molecular formula is C15H19N3OS. The molecule has 20 heavy (non-hydrogen) atoms. The van der Waals surface area contributed by atoms with Crippen molar-refractivity contribution in [1.82, 2.24) is 15.3 Å². The number of aromatic amines is 1. The number of benzene rings is 1. The fourth-order valence-electron chi connectivity index (χ4n) is 1.96. The highest BCUT2D eigenvalue weighted by atomic mass is 32.2. The molecular weight excluding hydrogens is 270 g/mol. The van der Waals surface area contributed by atoms with Crippen molar-refractivity contribution in [3.05, 3.63) is 30.4 Å². The fraction of sp³-hybridized carbons (Fsp3) is 0.400. The van der Waals surface area contributed by atoms with Gasteiger partial charge in [0.25, 0.3) is 0 Å². The minimum atomic E-state index is 0.732. The Balaban J connectivity index is 1.57. The number of aromatic nitrogens is 2. The third-order valence-corrected chi connectivity index (χ3v) is 4.32. The van der Waals surface area contributed by atoms with E-state index in [1.165, 1.54) is 18.4 Å². The maximum atomic E-state index is 5.21. The lowest BCUT2D eigenvalue weighted by atomic mass is 10.3. The van der Waals surface area contributed by atoms with Crippen LogP contribution in [0.4, 0.5) is 0 Å². The number of imidazole rings is 1. The average molecular weight is 289 g/mol. The zero-order valence-electron chi connectivity index (χ0n) is 11.6. The van der Waals surface area contributed by atoms with E-state index in [-0.39, 0.29) is 0 Å². The number of thioether (sulfide) groups is 1. The Bertz CT molecular complexity index is 619. The van der Waals surface area contributed by atoms with Crippen LogP contribution in [0.3, 0.4) is 0 Å². The molecule has 1 aromatic heterocycles. The molecule has 1 aromatic carbocycles. The molecule has 4 nitrogen and oxygen atoms in total. The second kappa shape index (κ2) is 5.89. The number of H-pyrrole nitrogens is 1. The van der Waals surface area contributed by atoms with Crippen LogP contribution in [0.5, 0.6) is 5.75 Å². The van der Waals surface area contributed by atoms with Crippen molar-refractivity contribution < 1.29 is 4.74 Å². The number of nitrogens with one attached hydrogen (secondary N) is 2. The smallest absolute Gasteiger partial charge is 0.166 e. The molecule has 0 amide bonds. The van der Waals surface area contributed by atoms with Gasteiger partial charge in [-0.3, -0.25) is 0 Å². The van der Waals surface area contributed by atoms with E-state index in [0.717, 1.165) is 40.3 Å². The minimum absolute atomic E-state index is 0.732. The summed E-state index contributed by atoms with van der Waals surface area (Å²) in [6.45, 7) is 5.01. The minimum Gasteiger partial charge on any atom is -0.497 e. The Kier molecular flexibility index (Phi) is 3.98. The molecule has 5 heteroatoms. The molecule has 2 aromatic rings. The van der Waals surface area contributed by atoms with Crippen LogP contribution in [0.2, 0.25) is 0 Å². The van der Waals surface area contributed by atoms with Gasteiger partial charge in [-0.05, 0) is 25.0 Å². The third-order valence-electron chi connectivity index (χ3n) is 3.30. The number of hydrogen-bond donors (Lipinski definition) is 2. The van der Waals surface area contributed by atoms with E-state index in [1.807, 2.05) is 18.2 Å². The summed E-state index contributed by atoms with van der Waals surface area (Å²) in [7, 11) is 1.67. The van der Waals surface area contributed by atoms with Gasteiger partial charge in [0.05, 0.1) is 18.1 Å². The van der Waals surface area contributed by atoms with Crippen molar-refractivity contribution in [1.29, 1.82) is 0 Å². The highest BCUT2D eigenvalue weighted by Crippen LogP contribution is 2.24. The molecule has 1 saturated carbocycles. The predicted octanol–water partition coefficient (Wildman–Crippen LogP) is 2.97. The van der Waals surface area contributed by atoms with Crippen LogP contribution in [0, 0.1) is 0 Å². The van der Waals surface area contributed by atoms with Crippen LogP contribution in [-0.2, 0) is 0 Å². The first-order valence-electron chi connectivity index (χ1n) is 6.81. The number of rotatable bonds is 7. The van der Waals surface area contributed by atoms with E-state index >= 15 is 0 Å². The zero-order valence-corrected chi connectivity index (χ0v) is 12.4. The van der Waals surface area contributed by atoms with Gasteiger partial charge in [-0.25, -0.2) is 4.98 Å². The van der Waals surface area contributed by atoms with Crippen molar-refractivity contribution in [3.8, 4) is 5.75 Å². The second-order valence-corrected chi connectivity index (χ2v) is 6.08. The molecule has 0 spiro atoms. The van der Waals surface area contributed by atoms with E-state index in [0.29, 0.717) is 0 Å². The predicted molar refractivity (Wildman–Crippen MR) is 83.5 cm³/mol. The molecule has 3 rings (SSSR count). The molecule has 0 radical (unpaired) electrons. The molecule has 0 atom stereocenters. The summed E-state index contributed by atoms with van der Waals surface area (Å²) in [6.07, 6.45) is 2.62. The van der Waals surface area contributed by atoms with E-state index in [9.17, 15) is 0 Å². The van der Waals surface area contributed by atoms with Crippen LogP contribution in [0.25, 0.3) is 11.0 Å². The Hall–Kier alpha value is -1.46. The van der Waals surface area contributed by atoms with E-state index in [2.05, 4.69) is 21.9 Å². The average Bonchev–Trinajstić information content (AvgIpc) is 3.20. The van der Waals surface area contributed by atoms with E-state index in [1.54, 1.807) is 18.9 Å². The molecule has 0 bridgehead atoms. The van der Waals surface area contributed by atoms with Gasteiger partial charge in [-0.2, -0.15) is 0 Å². The topological polar surface area (TPSA) is 49.9 Å². The van der Waals surface area contributed by atoms with Crippen LogP contribution >= 0.6 is 11.8 Å². The lowest BCUT2D eigenvalue weighted by molar-refractivity contribution is 0.415. The van der Waals surface area contributed by atoms with Gasteiger partial charge in [0.2, 0.25) is 0 Å². The quantitative estimate of drug-likeness (QED) is 0.608. The lowest BCUT2D eigenvalue weighted by Crippen LogP contribution is -2.19. The summed E-state index contributed by atoms with van der Waals surface area (Å²) < 4.78 is 5.21. The van der Waals surface area contributed by atoms with Crippen LogP contribution in [0.1, 0.15) is 12.8 Å². The molecule has 2 N–H and O–H groups in total. The van der Waals surface area contributed by atoms with Gasteiger partial charge in [-0.1, -0.05) is 23.9 Å². The Labute approximate surface area is 123 Å². The summed E-state index contributed by atoms with van der Waals surface area (Å²) in [4.78, 5) is 7.87. The first kappa shape index (κ1) is 13.5.